The Morgan fingerprint density at radius 3 is 3.00 bits per heavy atom. The summed E-state index contributed by atoms with van der Waals surface area (Å²) in [6.45, 7) is 3.34. The van der Waals surface area contributed by atoms with Crippen LogP contribution in [0, 0.1) is 5.92 Å². The van der Waals surface area contributed by atoms with E-state index < -0.39 is 0 Å². The molecule has 0 bridgehead atoms. The molecule has 1 fully saturated rings. The summed E-state index contributed by atoms with van der Waals surface area (Å²) >= 11 is 7.50. The Morgan fingerprint density at radius 1 is 1.64 bits per heavy atom. The Bertz CT molecular complexity index is 293. The van der Waals surface area contributed by atoms with Crippen molar-refractivity contribution in [2.45, 2.75) is 32.2 Å². The van der Waals surface area contributed by atoms with Crippen LogP contribution in [0.3, 0.4) is 0 Å². The van der Waals surface area contributed by atoms with Gasteiger partial charge in [0.25, 0.3) is 0 Å². The Kier molecular flexibility index (Phi) is 3.47. The average molecular weight is 230 g/mol. The van der Waals surface area contributed by atoms with Crippen molar-refractivity contribution < 1.29 is 0 Å². The first kappa shape index (κ1) is 10.5. The van der Waals surface area contributed by atoms with E-state index in [1.54, 1.807) is 11.3 Å². The van der Waals surface area contributed by atoms with Crippen molar-refractivity contribution in [3.63, 3.8) is 0 Å². The van der Waals surface area contributed by atoms with Crippen LogP contribution in [0.5, 0.6) is 0 Å². The minimum absolute atomic E-state index is 0.442. The molecular weight excluding hydrogens is 214 g/mol. The molecule has 1 nitrogen and oxygen atoms in total. The van der Waals surface area contributed by atoms with Gasteiger partial charge in [-0.25, -0.2) is 0 Å². The fourth-order valence-electron chi connectivity index (χ4n) is 1.58. The highest BCUT2D eigenvalue weighted by atomic mass is 35.5. The molecule has 1 saturated carbocycles. The van der Waals surface area contributed by atoms with E-state index in [0.717, 1.165) is 16.8 Å². The van der Waals surface area contributed by atoms with E-state index in [1.807, 2.05) is 0 Å². The lowest BCUT2D eigenvalue weighted by Crippen LogP contribution is -2.19. The Hall–Kier alpha value is -0.0500. The molecule has 1 aromatic heterocycles. The van der Waals surface area contributed by atoms with E-state index >= 15 is 0 Å². The molecule has 0 spiro atoms. The maximum atomic E-state index is 5.89. The Morgan fingerprint density at radius 2 is 2.43 bits per heavy atom. The maximum absolute atomic E-state index is 5.89. The number of rotatable bonds is 5. The van der Waals surface area contributed by atoms with E-state index in [9.17, 15) is 0 Å². The second kappa shape index (κ2) is 4.65. The molecule has 0 aromatic carbocycles. The fraction of sp³-hybridized carbons (Fsp3) is 0.636. The lowest BCUT2D eigenvalue weighted by Gasteiger charge is -2.11. The molecular formula is C11H16ClNS. The molecule has 0 aliphatic heterocycles. The van der Waals surface area contributed by atoms with Gasteiger partial charge in [0.05, 0.1) is 4.34 Å². The smallest absolute Gasteiger partial charge is 0.0931 e. The van der Waals surface area contributed by atoms with Crippen molar-refractivity contribution in [2.75, 3.05) is 6.54 Å². The highest BCUT2D eigenvalue weighted by molar-refractivity contribution is 7.14. The third kappa shape index (κ3) is 2.97. The van der Waals surface area contributed by atoms with E-state index in [1.165, 1.54) is 24.8 Å². The van der Waals surface area contributed by atoms with E-state index in [4.69, 9.17) is 11.6 Å². The zero-order valence-electron chi connectivity index (χ0n) is 8.42. The number of nitrogens with one attached hydrogen (secondary N) is 1. The fourth-order valence-corrected chi connectivity index (χ4v) is 2.56. The van der Waals surface area contributed by atoms with Gasteiger partial charge in [0.15, 0.2) is 0 Å². The van der Waals surface area contributed by atoms with Crippen LogP contribution in [0.4, 0.5) is 0 Å². The average Bonchev–Trinajstić information content (AvgIpc) is 2.87. The Balaban J connectivity index is 1.73. The maximum Gasteiger partial charge on any atom is 0.0931 e. The van der Waals surface area contributed by atoms with Gasteiger partial charge in [-0.2, -0.15) is 0 Å². The second-order valence-corrected chi connectivity index (χ2v) is 5.63. The third-order valence-electron chi connectivity index (χ3n) is 2.79. The summed E-state index contributed by atoms with van der Waals surface area (Å²) in [6, 6.07) is 2.50. The van der Waals surface area contributed by atoms with Gasteiger partial charge in [-0.15, -0.1) is 11.3 Å². The SMILES string of the molecule is CC(NCCC1CC1)c1csc(Cl)c1. The van der Waals surface area contributed by atoms with Gasteiger partial charge < -0.3 is 5.32 Å². The highest BCUT2D eigenvalue weighted by Crippen LogP contribution is 2.32. The van der Waals surface area contributed by atoms with Crippen LogP contribution in [0.2, 0.25) is 4.34 Å². The van der Waals surface area contributed by atoms with Gasteiger partial charge >= 0.3 is 0 Å². The lowest BCUT2D eigenvalue weighted by atomic mass is 10.2. The van der Waals surface area contributed by atoms with E-state index in [-0.39, 0.29) is 0 Å². The first-order valence-electron chi connectivity index (χ1n) is 5.23. The predicted octanol–water partition coefficient (Wildman–Crippen LogP) is 3.85. The minimum atomic E-state index is 0.442. The summed E-state index contributed by atoms with van der Waals surface area (Å²) in [5.41, 5.74) is 1.32. The monoisotopic (exact) mass is 229 g/mol. The van der Waals surface area contributed by atoms with Crippen molar-refractivity contribution in [3.05, 3.63) is 21.3 Å². The van der Waals surface area contributed by atoms with Crippen LogP contribution >= 0.6 is 22.9 Å². The minimum Gasteiger partial charge on any atom is -0.310 e. The van der Waals surface area contributed by atoms with Gasteiger partial charge in [-0.05, 0) is 42.8 Å². The van der Waals surface area contributed by atoms with Gasteiger partial charge in [-0.3, -0.25) is 0 Å². The highest BCUT2D eigenvalue weighted by Gasteiger charge is 2.20. The summed E-state index contributed by atoms with van der Waals surface area (Å²) in [5.74, 6) is 1.01. The van der Waals surface area contributed by atoms with Crippen LogP contribution in [-0.4, -0.2) is 6.54 Å². The predicted molar refractivity (Wildman–Crippen MR) is 63.1 cm³/mol. The van der Waals surface area contributed by atoms with Crippen LogP contribution < -0.4 is 5.32 Å². The normalized spacial score (nSPS) is 18.4. The van der Waals surface area contributed by atoms with Gasteiger partial charge in [0.1, 0.15) is 0 Å². The number of halogens is 1. The lowest BCUT2D eigenvalue weighted by molar-refractivity contribution is 0.541. The van der Waals surface area contributed by atoms with Crippen molar-refractivity contribution in [3.8, 4) is 0 Å². The molecule has 78 valence electrons. The molecule has 3 heteroatoms. The zero-order valence-corrected chi connectivity index (χ0v) is 10.00. The van der Waals surface area contributed by atoms with Crippen molar-refractivity contribution in [1.82, 2.24) is 5.32 Å². The number of thiophene rings is 1. The molecule has 0 radical (unpaired) electrons. The van der Waals surface area contributed by atoms with Crippen LogP contribution in [-0.2, 0) is 0 Å². The first-order chi connectivity index (χ1) is 6.75. The van der Waals surface area contributed by atoms with E-state index in [2.05, 4.69) is 23.7 Å². The standard InChI is InChI=1S/C11H16ClNS/c1-8(10-6-11(12)14-7-10)13-5-4-9-2-3-9/h6-9,13H,2-5H2,1H3. The summed E-state index contributed by atoms with van der Waals surface area (Å²) in [4.78, 5) is 0. The van der Waals surface area contributed by atoms with Crippen molar-refractivity contribution in [2.24, 2.45) is 5.92 Å². The topological polar surface area (TPSA) is 12.0 Å². The summed E-state index contributed by atoms with van der Waals surface area (Å²) in [5, 5.41) is 5.67. The van der Waals surface area contributed by atoms with Crippen LogP contribution in [0.15, 0.2) is 11.4 Å². The molecule has 14 heavy (non-hydrogen) atoms. The molecule has 1 aliphatic rings. The van der Waals surface area contributed by atoms with Gasteiger partial charge in [0.2, 0.25) is 0 Å². The summed E-state index contributed by atoms with van der Waals surface area (Å²) < 4.78 is 0.885. The molecule has 1 aliphatic carbocycles. The quantitative estimate of drug-likeness (QED) is 0.809. The molecule has 1 heterocycles. The van der Waals surface area contributed by atoms with E-state index in [0.29, 0.717) is 6.04 Å². The zero-order chi connectivity index (χ0) is 9.97. The first-order valence-corrected chi connectivity index (χ1v) is 6.49. The summed E-state index contributed by atoms with van der Waals surface area (Å²) in [7, 11) is 0. The van der Waals surface area contributed by atoms with Crippen molar-refractivity contribution >= 4 is 22.9 Å². The second-order valence-electron chi connectivity index (χ2n) is 4.09. The molecule has 1 N–H and O–H groups in total. The summed E-state index contributed by atoms with van der Waals surface area (Å²) in [6.07, 6.45) is 4.23. The number of hydrogen-bond donors (Lipinski definition) is 1. The molecule has 2 rings (SSSR count). The number of hydrogen-bond acceptors (Lipinski definition) is 2. The Labute approximate surface area is 94.5 Å². The van der Waals surface area contributed by atoms with Crippen LogP contribution in [0.25, 0.3) is 0 Å². The molecule has 0 amide bonds. The molecule has 1 aromatic rings. The third-order valence-corrected chi connectivity index (χ3v) is 3.90. The van der Waals surface area contributed by atoms with Gasteiger partial charge in [0, 0.05) is 6.04 Å². The van der Waals surface area contributed by atoms with Crippen molar-refractivity contribution in [1.29, 1.82) is 0 Å². The van der Waals surface area contributed by atoms with Gasteiger partial charge in [-0.1, -0.05) is 24.4 Å². The molecule has 1 unspecified atom stereocenters. The molecule has 0 saturated heterocycles. The molecule has 1 atom stereocenters. The van der Waals surface area contributed by atoms with Crippen LogP contribution in [0.1, 0.15) is 37.8 Å². The largest absolute Gasteiger partial charge is 0.310 e.